The van der Waals surface area contributed by atoms with Gasteiger partial charge in [-0.1, -0.05) is 93.3 Å². The van der Waals surface area contributed by atoms with Gasteiger partial charge in [0.1, 0.15) is 0 Å². The van der Waals surface area contributed by atoms with Crippen LogP contribution in [0.5, 0.6) is 0 Å². The standard InChI is InChI=1S/C26H27N/c1-2-3-4-5-7-10-21-15-18-25(23-11-8-6-9-12-23)26(19-21)24-16-13-22(20-27)14-17-24/h6,8-9,11-19H,2-5,7,10H2,1H3. The monoisotopic (exact) mass is 353 g/mol. The molecule has 0 saturated carbocycles. The van der Waals surface area contributed by atoms with Crippen molar-refractivity contribution < 1.29 is 0 Å². The molecule has 3 rings (SSSR count). The Kier molecular flexibility index (Phi) is 6.83. The number of benzene rings is 3. The molecule has 0 bridgehead atoms. The van der Waals surface area contributed by atoms with E-state index in [1.807, 2.05) is 12.1 Å². The first-order valence-electron chi connectivity index (χ1n) is 10.0. The molecule has 0 atom stereocenters. The average Bonchev–Trinajstić information content (AvgIpc) is 2.74. The van der Waals surface area contributed by atoms with Crippen molar-refractivity contribution in [3.63, 3.8) is 0 Å². The highest BCUT2D eigenvalue weighted by Crippen LogP contribution is 2.33. The number of hydrogen-bond acceptors (Lipinski definition) is 1. The van der Waals surface area contributed by atoms with Gasteiger partial charge in [-0.25, -0.2) is 0 Å². The Morgan fingerprint density at radius 2 is 1.41 bits per heavy atom. The maximum Gasteiger partial charge on any atom is 0.0991 e. The van der Waals surface area contributed by atoms with Crippen LogP contribution < -0.4 is 0 Å². The van der Waals surface area contributed by atoms with E-state index in [0.29, 0.717) is 5.56 Å². The third kappa shape index (κ3) is 5.08. The topological polar surface area (TPSA) is 23.8 Å². The zero-order valence-electron chi connectivity index (χ0n) is 16.1. The predicted molar refractivity (Wildman–Crippen MR) is 114 cm³/mol. The summed E-state index contributed by atoms with van der Waals surface area (Å²) in [5.74, 6) is 0. The smallest absolute Gasteiger partial charge is 0.0991 e. The third-order valence-electron chi connectivity index (χ3n) is 5.06. The molecule has 0 aliphatic rings. The van der Waals surface area contributed by atoms with Crippen LogP contribution in [0.1, 0.15) is 50.2 Å². The van der Waals surface area contributed by atoms with Gasteiger partial charge < -0.3 is 0 Å². The molecule has 0 N–H and O–H groups in total. The second-order valence-corrected chi connectivity index (χ2v) is 7.10. The van der Waals surface area contributed by atoms with E-state index in [1.165, 1.54) is 59.9 Å². The highest BCUT2D eigenvalue weighted by Gasteiger charge is 2.09. The van der Waals surface area contributed by atoms with Gasteiger partial charge in [-0.05, 0) is 52.8 Å². The minimum atomic E-state index is 0.701. The first-order valence-corrected chi connectivity index (χ1v) is 10.0. The lowest BCUT2D eigenvalue weighted by Crippen LogP contribution is -1.91. The van der Waals surface area contributed by atoms with Gasteiger partial charge in [0.05, 0.1) is 11.6 Å². The second-order valence-electron chi connectivity index (χ2n) is 7.10. The number of nitrogens with zero attached hydrogens (tertiary/aromatic N) is 1. The van der Waals surface area contributed by atoms with Crippen LogP contribution in [0.3, 0.4) is 0 Å². The minimum absolute atomic E-state index is 0.701. The molecule has 0 aromatic heterocycles. The molecule has 0 aliphatic heterocycles. The average molecular weight is 354 g/mol. The fourth-order valence-electron chi connectivity index (χ4n) is 3.51. The van der Waals surface area contributed by atoms with Crippen molar-refractivity contribution in [3.8, 4) is 28.3 Å². The summed E-state index contributed by atoms with van der Waals surface area (Å²) in [6.45, 7) is 2.26. The fraction of sp³-hybridized carbons (Fsp3) is 0.269. The molecule has 0 radical (unpaired) electrons. The van der Waals surface area contributed by atoms with Gasteiger partial charge in [0.25, 0.3) is 0 Å². The van der Waals surface area contributed by atoms with Crippen LogP contribution in [0.25, 0.3) is 22.3 Å². The molecule has 27 heavy (non-hydrogen) atoms. The van der Waals surface area contributed by atoms with Crippen LogP contribution in [0.15, 0.2) is 72.8 Å². The highest BCUT2D eigenvalue weighted by molar-refractivity contribution is 5.84. The van der Waals surface area contributed by atoms with E-state index < -0.39 is 0 Å². The summed E-state index contributed by atoms with van der Waals surface area (Å²) >= 11 is 0. The van der Waals surface area contributed by atoms with E-state index in [4.69, 9.17) is 5.26 Å². The van der Waals surface area contributed by atoms with E-state index in [1.54, 1.807) is 0 Å². The lowest BCUT2D eigenvalue weighted by molar-refractivity contribution is 0.632. The van der Waals surface area contributed by atoms with Crippen LogP contribution in [0.2, 0.25) is 0 Å². The lowest BCUT2D eigenvalue weighted by Gasteiger charge is -2.13. The van der Waals surface area contributed by atoms with Crippen molar-refractivity contribution in [1.82, 2.24) is 0 Å². The largest absolute Gasteiger partial charge is 0.192 e. The molecule has 0 heterocycles. The zero-order chi connectivity index (χ0) is 18.9. The maximum atomic E-state index is 9.08. The Hall–Kier alpha value is -2.85. The van der Waals surface area contributed by atoms with E-state index in [2.05, 4.69) is 73.7 Å². The quantitative estimate of drug-likeness (QED) is 0.387. The Balaban J connectivity index is 1.90. The fourth-order valence-corrected chi connectivity index (χ4v) is 3.51. The maximum absolute atomic E-state index is 9.08. The zero-order valence-corrected chi connectivity index (χ0v) is 16.1. The molecular formula is C26H27N. The summed E-state index contributed by atoms with van der Waals surface area (Å²) in [7, 11) is 0. The number of rotatable bonds is 8. The molecule has 136 valence electrons. The first kappa shape index (κ1) is 18.9. The molecule has 3 aromatic rings. The summed E-state index contributed by atoms with van der Waals surface area (Å²) in [6, 6.07) is 27.5. The van der Waals surface area contributed by atoms with Crippen LogP contribution in [0, 0.1) is 11.3 Å². The van der Waals surface area contributed by atoms with Crippen LogP contribution in [-0.4, -0.2) is 0 Å². The number of nitriles is 1. The molecule has 0 amide bonds. The Labute approximate surface area is 163 Å². The van der Waals surface area contributed by atoms with Crippen LogP contribution in [-0.2, 0) is 6.42 Å². The van der Waals surface area contributed by atoms with Gasteiger partial charge in [0.15, 0.2) is 0 Å². The molecule has 0 unspecified atom stereocenters. The molecule has 1 heteroatoms. The Morgan fingerprint density at radius 3 is 2.11 bits per heavy atom. The van der Waals surface area contributed by atoms with E-state index in [-0.39, 0.29) is 0 Å². The Morgan fingerprint density at radius 1 is 0.704 bits per heavy atom. The third-order valence-corrected chi connectivity index (χ3v) is 5.06. The first-order chi connectivity index (χ1) is 13.3. The lowest BCUT2D eigenvalue weighted by atomic mass is 9.91. The number of unbranched alkanes of at least 4 members (excludes halogenated alkanes) is 4. The van der Waals surface area contributed by atoms with Crippen molar-refractivity contribution in [2.45, 2.75) is 45.4 Å². The summed E-state index contributed by atoms with van der Waals surface area (Å²) < 4.78 is 0. The van der Waals surface area contributed by atoms with Crippen molar-refractivity contribution >= 4 is 0 Å². The van der Waals surface area contributed by atoms with E-state index in [0.717, 1.165) is 6.42 Å². The predicted octanol–water partition coefficient (Wildman–Crippen LogP) is 7.41. The van der Waals surface area contributed by atoms with Gasteiger partial charge in [-0.2, -0.15) is 5.26 Å². The second kappa shape index (κ2) is 9.74. The Bertz CT molecular complexity index is 886. The van der Waals surface area contributed by atoms with Gasteiger partial charge in [0, 0.05) is 0 Å². The normalized spacial score (nSPS) is 10.5. The van der Waals surface area contributed by atoms with Gasteiger partial charge in [-0.15, -0.1) is 0 Å². The number of aryl methyl sites for hydroxylation is 1. The van der Waals surface area contributed by atoms with Crippen LogP contribution in [0.4, 0.5) is 0 Å². The van der Waals surface area contributed by atoms with Crippen molar-refractivity contribution in [3.05, 3.63) is 83.9 Å². The summed E-state index contributed by atoms with van der Waals surface area (Å²) in [6.07, 6.45) is 7.64. The molecule has 1 nitrogen and oxygen atoms in total. The van der Waals surface area contributed by atoms with Gasteiger partial charge in [-0.3, -0.25) is 0 Å². The van der Waals surface area contributed by atoms with Crippen LogP contribution >= 0.6 is 0 Å². The van der Waals surface area contributed by atoms with Crippen molar-refractivity contribution in [2.75, 3.05) is 0 Å². The molecule has 0 spiro atoms. The summed E-state index contributed by atoms with van der Waals surface area (Å²) in [4.78, 5) is 0. The summed E-state index contributed by atoms with van der Waals surface area (Å²) in [5.41, 5.74) is 6.98. The van der Waals surface area contributed by atoms with Crippen molar-refractivity contribution in [1.29, 1.82) is 5.26 Å². The molecule has 3 aromatic carbocycles. The van der Waals surface area contributed by atoms with E-state index >= 15 is 0 Å². The highest BCUT2D eigenvalue weighted by atomic mass is 14.2. The van der Waals surface area contributed by atoms with Gasteiger partial charge in [0.2, 0.25) is 0 Å². The molecule has 0 saturated heterocycles. The molecule has 0 aliphatic carbocycles. The van der Waals surface area contributed by atoms with E-state index in [9.17, 15) is 0 Å². The molecule has 0 fully saturated rings. The minimum Gasteiger partial charge on any atom is -0.192 e. The van der Waals surface area contributed by atoms with Crippen molar-refractivity contribution in [2.24, 2.45) is 0 Å². The SMILES string of the molecule is CCCCCCCc1ccc(-c2ccccc2)c(-c2ccc(C#N)cc2)c1. The molecular weight excluding hydrogens is 326 g/mol. The number of hydrogen-bond donors (Lipinski definition) is 0. The summed E-state index contributed by atoms with van der Waals surface area (Å²) in [5, 5.41) is 9.08. The van der Waals surface area contributed by atoms with Gasteiger partial charge >= 0.3 is 0 Å².